The van der Waals surface area contributed by atoms with Crippen molar-refractivity contribution in [1.82, 2.24) is 19.5 Å². The summed E-state index contributed by atoms with van der Waals surface area (Å²) in [4.78, 5) is 27.6. The van der Waals surface area contributed by atoms with Crippen LogP contribution in [0.3, 0.4) is 0 Å². The minimum atomic E-state index is -0.282. The van der Waals surface area contributed by atoms with Crippen molar-refractivity contribution in [2.45, 2.75) is 32.6 Å². The maximum atomic E-state index is 13.5. The van der Waals surface area contributed by atoms with Crippen molar-refractivity contribution >= 4 is 22.6 Å². The lowest BCUT2D eigenvalue weighted by molar-refractivity contribution is -0.116. The van der Waals surface area contributed by atoms with Gasteiger partial charge in [-0.25, -0.2) is 14.4 Å². The van der Waals surface area contributed by atoms with E-state index in [-0.39, 0.29) is 11.6 Å². The van der Waals surface area contributed by atoms with Crippen molar-refractivity contribution in [1.29, 1.82) is 0 Å². The molecule has 1 aliphatic heterocycles. The Labute approximate surface area is 197 Å². The molecule has 0 unspecified atom stereocenters. The molecule has 0 aliphatic carbocycles. The minimum Gasteiger partial charge on any atom is -0.356 e. The summed E-state index contributed by atoms with van der Waals surface area (Å²) in [6.45, 7) is 3.42. The Morgan fingerprint density at radius 1 is 1.06 bits per heavy atom. The number of hydrogen-bond acceptors (Lipinski definition) is 5. The summed E-state index contributed by atoms with van der Waals surface area (Å²) in [6.07, 6.45) is 11.0. The number of ketones is 1. The molecule has 0 N–H and O–H groups in total. The van der Waals surface area contributed by atoms with E-state index in [9.17, 15) is 9.18 Å². The number of pyridine rings is 2. The predicted molar refractivity (Wildman–Crippen MR) is 131 cm³/mol. The first-order valence-electron chi connectivity index (χ1n) is 11.6. The summed E-state index contributed by atoms with van der Waals surface area (Å²) in [5, 5.41) is 0. The molecule has 0 spiro atoms. The van der Waals surface area contributed by atoms with Crippen LogP contribution in [0.5, 0.6) is 0 Å². The average molecular weight is 456 g/mol. The Hall–Kier alpha value is -3.87. The molecule has 6 nitrogen and oxygen atoms in total. The highest BCUT2D eigenvalue weighted by atomic mass is 19.1. The van der Waals surface area contributed by atoms with Gasteiger partial charge in [-0.1, -0.05) is 11.6 Å². The predicted octanol–water partition coefficient (Wildman–Crippen LogP) is 5.52. The van der Waals surface area contributed by atoms with Crippen molar-refractivity contribution in [3.63, 3.8) is 0 Å². The van der Waals surface area contributed by atoms with Crippen LogP contribution in [-0.2, 0) is 4.79 Å². The molecule has 0 atom stereocenters. The number of benzene rings is 1. The lowest BCUT2D eigenvalue weighted by Gasteiger charge is -2.25. The average Bonchev–Trinajstić information content (AvgIpc) is 3.21. The molecule has 7 heteroatoms. The van der Waals surface area contributed by atoms with Gasteiger partial charge in [0.2, 0.25) is 0 Å². The van der Waals surface area contributed by atoms with E-state index < -0.39 is 0 Å². The second-order valence-electron chi connectivity index (χ2n) is 8.64. The van der Waals surface area contributed by atoms with Gasteiger partial charge < -0.3 is 4.90 Å². The Morgan fingerprint density at radius 2 is 1.91 bits per heavy atom. The third-order valence-electron chi connectivity index (χ3n) is 6.11. The van der Waals surface area contributed by atoms with E-state index in [0.717, 1.165) is 66.3 Å². The molecule has 5 rings (SSSR count). The van der Waals surface area contributed by atoms with Gasteiger partial charge in [-0.05, 0) is 68.7 Å². The van der Waals surface area contributed by atoms with Crippen LogP contribution in [0.4, 0.5) is 10.2 Å². The van der Waals surface area contributed by atoms with Gasteiger partial charge in [0, 0.05) is 43.2 Å². The van der Waals surface area contributed by atoms with Crippen molar-refractivity contribution < 1.29 is 9.18 Å². The third kappa shape index (κ3) is 4.59. The molecule has 1 aliphatic rings. The lowest BCUT2D eigenvalue weighted by Crippen LogP contribution is -2.27. The first-order chi connectivity index (χ1) is 16.6. The van der Waals surface area contributed by atoms with Gasteiger partial charge in [0.15, 0.2) is 0 Å². The number of allylic oxidation sites excluding steroid dienone is 1. The van der Waals surface area contributed by atoms with E-state index in [1.165, 1.54) is 17.7 Å². The number of nitrogens with zero attached hydrogens (tertiary/aromatic N) is 5. The number of carbonyl (C=O) groups excluding carboxylic acids is 1. The first-order valence-corrected chi connectivity index (χ1v) is 11.6. The Kier molecular flexibility index (Phi) is 6.16. The third-order valence-corrected chi connectivity index (χ3v) is 6.11. The van der Waals surface area contributed by atoms with E-state index in [0.29, 0.717) is 6.42 Å². The van der Waals surface area contributed by atoms with E-state index in [1.807, 2.05) is 29.0 Å². The molecule has 0 fully saturated rings. The normalized spacial score (nSPS) is 14.5. The Morgan fingerprint density at radius 3 is 2.68 bits per heavy atom. The molecular formula is C27H26FN5O. The molecule has 0 bridgehead atoms. The molecule has 4 aromatic rings. The number of rotatable bonds is 5. The van der Waals surface area contributed by atoms with Crippen LogP contribution < -0.4 is 4.90 Å². The molecular weight excluding hydrogens is 429 g/mol. The van der Waals surface area contributed by atoms with Gasteiger partial charge in [0.05, 0.1) is 17.2 Å². The molecule has 0 radical (unpaired) electrons. The number of imidazole rings is 1. The maximum Gasteiger partial charge on any atom is 0.147 e. The standard InChI is InChI=1S/C27H26FN5O/c1-19(34)16-20-4-2-14-32(15-3-5-20)26-11-6-21(17-30-26)27-31-24-12-13-29-18-25(24)33(27)23-9-7-22(28)8-10-23/h4,6-13,17-18H,2-3,5,14-16H2,1H3. The highest BCUT2D eigenvalue weighted by molar-refractivity contribution is 5.82. The second kappa shape index (κ2) is 9.55. The molecule has 4 heterocycles. The van der Waals surface area contributed by atoms with E-state index >= 15 is 0 Å². The fourth-order valence-corrected chi connectivity index (χ4v) is 4.52. The highest BCUT2D eigenvalue weighted by Crippen LogP contribution is 2.29. The topological polar surface area (TPSA) is 63.9 Å². The zero-order chi connectivity index (χ0) is 23.5. The van der Waals surface area contributed by atoms with Crippen molar-refractivity contribution in [2.24, 2.45) is 0 Å². The molecule has 1 aromatic carbocycles. The number of hydrogen-bond donors (Lipinski definition) is 0. The molecule has 3 aromatic heterocycles. The summed E-state index contributed by atoms with van der Waals surface area (Å²) >= 11 is 0. The summed E-state index contributed by atoms with van der Waals surface area (Å²) in [5.41, 5.74) is 4.61. The van der Waals surface area contributed by atoms with E-state index in [2.05, 4.69) is 16.0 Å². The first kappa shape index (κ1) is 21.9. The van der Waals surface area contributed by atoms with Crippen LogP contribution >= 0.6 is 0 Å². The van der Waals surface area contributed by atoms with Gasteiger partial charge in [-0.15, -0.1) is 0 Å². The Balaban J connectivity index is 1.43. The van der Waals surface area contributed by atoms with Gasteiger partial charge >= 0.3 is 0 Å². The number of carbonyl (C=O) groups is 1. The number of Topliss-reactive ketones (excluding diaryl/α,β-unsaturated/α-hetero) is 1. The van der Waals surface area contributed by atoms with Crippen molar-refractivity contribution in [2.75, 3.05) is 18.0 Å². The van der Waals surface area contributed by atoms with Crippen molar-refractivity contribution in [3.05, 3.63) is 78.5 Å². The van der Waals surface area contributed by atoms with Crippen LogP contribution in [0.2, 0.25) is 0 Å². The highest BCUT2D eigenvalue weighted by Gasteiger charge is 2.17. The molecule has 0 saturated carbocycles. The number of aromatic nitrogens is 4. The van der Waals surface area contributed by atoms with Gasteiger partial charge in [0.25, 0.3) is 0 Å². The van der Waals surface area contributed by atoms with Crippen LogP contribution in [0.15, 0.2) is 72.7 Å². The van der Waals surface area contributed by atoms with E-state index in [4.69, 9.17) is 9.97 Å². The summed E-state index contributed by atoms with van der Waals surface area (Å²) in [6, 6.07) is 12.3. The monoisotopic (exact) mass is 455 g/mol. The number of fused-ring (bicyclic) bond motifs is 1. The van der Waals surface area contributed by atoms with Gasteiger partial charge in [0.1, 0.15) is 23.2 Å². The van der Waals surface area contributed by atoms with E-state index in [1.54, 1.807) is 31.5 Å². The number of anilines is 1. The molecule has 0 amide bonds. The fourth-order valence-electron chi connectivity index (χ4n) is 4.52. The van der Waals surface area contributed by atoms with Crippen LogP contribution in [0.1, 0.15) is 32.6 Å². The summed E-state index contributed by atoms with van der Waals surface area (Å²) in [5.74, 6) is 1.61. The minimum absolute atomic E-state index is 0.225. The quantitative estimate of drug-likeness (QED) is 0.371. The molecule has 172 valence electrons. The van der Waals surface area contributed by atoms with Crippen LogP contribution in [0.25, 0.3) is 28.1 Å². The molecule has 34 heavy (non-hydrogen) atoms. The van der Waals surface area contributed by atoms with Crippen LogP contribution in [-0.4, -0.2) is 38.4 Å². The zero-order valence-electron chi connectivity index (χ0n) is 19.1. The SMILES string of the molecule is CC(=O)CC1=CCCN(c2ccc(-c3nc4ccncc4n3-c3ccc(F)cc3)cn2)CCC1. The maximum absolute atomic E-state index is 13.5. The summed E-state index contributed by atoms with van der Waals surface area (Å²) in [7, 11) is 0. The fraction of sp³-hybridized carbons (Fsp3) is 0.259. The Bertz CT molecular complexity index is 1340. The van der Waals surface area contributed by atoms with Gasteiger partial charge in [-0.3, -0.25) is 14.3 Å². The smallest absolute Gasteiger partial charge is 0.147 e. The molecule has 0 saturated heterocycles. The van der Waals surface area contributed by atoms with Gasteiger partial charge in [-0.2, -0.15) is 0 Å². The summed E-state index contributed by atoms with van der Waals surface area (Å²) < 4.78 is 15.5. The second-order valence-corrected chi connectivity index (χ2v) is 8.64. The number of halogens is 1. The van der Waals surface area contributed by atoms with Crippen LogP contribution in [0, 0.1) is 5.82 Å². The zero-order valence-corrected chi connectivity index (χ0v) is 19.1. The van der Waals surface area contributed by atoms with Crippen molar-refractivity contribution in [3.8, 4) is 17.1 Å². The lowest BCUT2D eigenvalue weighted by atomic mass is 10.0. The largest absolute Gasteiger partial charge is 0.356 e.